The van der Waals surface area contributed by atoms with Gasteiger partial charge in [0.15, 0.2) is 0 Å². The zero-order valence-corrected chi connectivity index (χ0v) is 10.8. The second kappa shape index (κ2) is 5.46. The lowest BCUT2D eigenvalue weighted by atomic mass is 10.2. The molecule has 0 fully saturated rings. The molecule has 0 atom stereocenters. The summed E-state index contributed by atoms with van der Waals surface area (Å²) in [7, 11) is 0. The topological polar surface area (TPSA) is 91.7 Å². The van der Waals surface area contributed by atoms with Crippen molar-refractivity contribution < 1.29 is 14.6 Å². The van der Waals surface area contributed by atoms with Crippen LogP contribution in [0.1, 0.15) is 5.56 Å². The summed E-state index contributed by atoms with van der Waals surface area (Å²) in [6.07, 6.45) is 1.56. The molecule has 0 aliphatic rings. The van der Waals surface area contributed by atoms with E-state index in [0.29, 0.717) is 11.5 Å². The Morgan fingerprint density at radius 1 is 0.857 bits per heavy atom. The normalized spacial score (nSPS) is 11.0. The van der Waals surface area contributed by atoms with Crippen LogP contribution < -0.4 is 0 Å². The van der Waals surface area contributed by atoms with Crippen LogP contribution in [0.3, 0.4) is 0 Å². The molecule has 0 amide bonds. The van der Waals surface area contributed by atoms with Crippen molar-refractivity contribution >= 4 is 12.2 Å². The van der Waals surface area contributed by atoms with Gasteiger partial charge in [-0.15, -0.1) is 5.10 Å². The van der Waals surface area contributed by atoms with Crippen molar-refractivity contribution in [1.82, 2.24) is 10.2 Å². The molecule has 3 aromatic rings. The lowest BCUT2D eigenvalue weighted by Gasteiger charge is -1.94. The van der Waals surface area contributed by atoms with E-state index in [2.05, 4.69) is 15.2 Å². The zero-order valence-electron chi connectivity index (χ0n) is 10.8. The van der Waals surface area contributed by atoms with E-state index < -0.39 is 0 Å². The Hall–Kier alpha value is -3.15. The lowest BCUT2D eigenvalue weighted by molar-refractivity contribution is 0.474. The molecule has 0 aliphatic carbocycles. The zero-order chi connectivity index (χ0) is 14.7. The number of hydrogen-bond donors (Lipinski definition) is 2. The van der Waals surface area contributed by atoms with Crippen LogP contribution in [-0.2, 0) is 0 Å². The molecule has 2 aromatic carbocycles. The number of benzene rings is 2. The van der Waals surface area contributed by atoms with Crippen molar-refractivity contribution in [2.24, 2.45) is 4.99 Å². The number of aromatic hydroxyl groups is 2. The van der Waals surface area contributed by atoms with Crippen LogP contribution in [0.5, 0.6) is 11.5 Å². The summed E-state index contributed by atoms with van der Waals surface area (Å²) < 4.78 is 5.40. The van der Waals surface area contributed by atoms with Crippen molar-refractivity contribution in [3.05, 3.63) is 54.1 Å². The molecule has 0 saturated carbocycles. The molecule has 3 rings (SSSR count). The Morgan fingerprint density at radius 2 is 1.48 bits per heavy atom. The van der Waals surface area contributed by atoms with Crippen LogP contribution in [0.15, 0.2) is 57.9 Å². The molecule has 0 aliphatic heterocycles. The standard InChI is InChI=1S/C15H11N3O3/c19-12-5-1-10(2-6-12)9-16-15-18-17-14(21-15)11-3-7-13(20)8-4-11/h1-9,19-20H/b16-9+. The van der Waals surface area contributed by atoms with Gasteiger partial charge in [-0.25, -0.2) is 4.99 Å². The molecule has 0 bridgehead atoms. The SMILES string of the molecule is Oc1ccc(/C=N/c2nnc(-c3ccc(O)cc3)o2)cc1. The summed E-state index contributed by atoms with van der Waals surface area (Å²) in [4.78, 5) is 4.07. The largest absolute Gasteiger partial charge is 0.508 e. The van der Waals surface area contributed by atoms with Crippen LogP contribution in [0.4, 0.5) is 6.01 Å². The molecule has 21 heavy (non-hydrogen) atoms. The van der Waals surface area contributed by atoms with Gasteiger partial charge in [0.1, 0.15) is 11.5 Å². The third kappa shape index (κ3) is 3.06. The minimum Gasteiger partial charge on any atom is -0.508 e. The molecule has 2 N–H and O–H groups in total. The number of hydrogen-bond acceptors (Lipinski definition) is 6. The second-order valence-electron chi connectivity index (χ2n) is 4.29. The van der Waals surface area contributed by atoms with Gasteiger partial charge in [-0.1, -0.05) is 5.10 Å². The van der Waals surface area contributed by atoms with Gasteiger partial charge in [0.2, 0.25) is 5.89 Å². The molecule has 104 valence electrons. The number of aliphatic imine (C=N–C) groups is 1. The predicted octanol–water partition coefficient (Wildman–Crippen LogP) is 2.90. The van der Waals surface area contributed by atoms with Gasteiger partial charge in [-0.3, -0.25) is 0 Å². The minimum atomic E-state index is 0.131. The van der Waals surface area contributed by atoms with Crippen LogP contribution in [-0.4, -0.2) is 26.6 Å². The molecule has 0 unspecified atom stereocenters. The second-order valence-corrected chi connectivity index (χ2v) is 4.29. The Bertz CT molecular complexity index is 762. The highest BCUT2D eigenvalue weighted by atomic mass is 16.4. The van der Waals surface area contributed by atoms with E-state index in [-0.39, 0.29) is 17.5 Å². The molecule has 1 heterocycles. The molecule has 6 nitrogen and oxygen atoms in total. The Balaban J connectivity index is 1.78. The highest BCUT2D eigenvalue weighted by Gasteiger charge is 2.07. The maximum absolute atomic E-state index is 9.23. The van der Waals surface area contributed by atoms with E-state index in [4.69, 9.17) is 4.42 Å². The summed E-state index contributed by atoms with van der Waals surface area (Å²) in [6, 6.07) is 13.1. The Kier molecular flexibility index (Phi) is 3.34. The van der Waals surface area contributed by atoms with Gasteiger partial charge in [0.25, 0.3) is 0 Å². The monoisotopic (exact) mass is 281 g/mol. The molecular weight excluding hydrogens is 270 g/mol. The maximum atomic E-state index is 9.23. The van der Waals surface area contributed by atoms with Crippen molar-refractivity contribution in [2.75, 3.05) is 0 Å². The van der Waals surface area contributed by atoms with Crippen molar-refractivity contribution in [3.8, 4) is 23.0 Å². The van der Waals surface area contributed by atoms with Crippen molar-refractivity contribution in [2.45, 2.75) is 0 Å². The smallest absolute Gasteiger partial charge is 0.342 e. The first-order valence-corrected chi connectivity index (χ1v) is 6.17. The summed E-state index contributed by atoms with van der Waals surface area (Å²) in [6.45, 7) is 0. The van der Waals surface area contributed by atoms with Gasteiger partial charge >= 0.3 is 6.01 Å². The van der Waals surface area contributed by atoms with Gasteiger partial charge in [0.05, 0.1) is 0 Å². The van der Waals surface area contributed by atoms with Crippen LogP contribution in [0, 0.1) is 0 Å². The van der Waals surface area contributed by atoms with E-state index >= 15 is 0 Å². The first-order chi connectivity index (χ1) is 10.2. The third-order valence-electron chi connectivity index (χ3n) is 2.75. The molecule has 6 heteroatoms. The molecule has 0 spiro atoms. The first-order valence-electron chi connectivity index (χ1n) is 6.17. The van der Waals surface area contributed by atoms with Crippen molar-refractivity contribution in [3.63, 3.8) is 0 Å². The van der Waals surface area contributed by atoms with Crippen LogP contribution in [0.2, 0.25) is 0 Å². The Morgan fingerprint density at radius 3 is 2.14 bits per heavy atom. The van der Waals surface area contributed by atoms with E-state index in [0.717, 1.165) is 5.56 Å². The number of nitrogens with zero attached hydrogens (tertiary/aromatic N) is 3. The third-order valence-corrected chi connectivity index (χ3v) is 2.75. The molecule has 1 aromatic heterocycles. The quantitative estimate of drug-likeness (QED) is 0.720. The summed E-state index contributed by atoms with van der Waals surface area (Å²) in [5, 5.41) is 26.1. The fourth-order valence-electron chi connectivity index (χ4n) is 1.68. The minimum absolute atomic E-state index is 0.131. The summed E-state index contributed by atoms with van der Waals surface area (Å²) >= 11 is 0. The predicted molar refractivity (Wildman–Crippen MR) is 76.8 cm³/mol. The fourth-order valence-corrected chi connectivity index (χ4v) is 1.68. The van der Waals surface area contributed by atoms with E-state index in [1.165, 1.54) is 0 Å². The number of rotatable bonds is 3. The van der Waals surface area contributed by atoms with E-state index in [1.54, 1.807) is 54.7 Å². The highest BCUT2D eigenvalue weighted by Crippen LogP contribution is 2.23. The van der Waals surface area contributed by atoms with E-state index in [9.17, 15) is 10.2 Å². The van der Waals surface area contributed by atoms with Crippen molar-refractivity contribution in [1.29, 1.82) is 0 Å². The van der Waals surface area contributed by atoms with E-state index in [1.807, 2.05) is 0 Å². The number of aromatic nitrogens is 2. The van der Waals surface area contributed by atoms with Crippen LogP contribution in [0.25, 0.3) is 11.5 Å². The highest BCUT2D eigenvalue weighted by molar-refractivity contribution is 5.81. The van der Waals surface area contributed by atoms with Crippen LogP contribution >= 0.6 is 0 Å². The maximum Gasteiger partial charge on any atom is 0.342 e. The fraction of sp³-hybridized carbons (Fsp3) is 0. The average molecular weight is 281 g/mol. The van der Waals surface area contributed by atoms with Gasteiger partial charge < -0.3 is 14.6 Å². The number of phenolic OH excluding ortho intramolecular Hbond substituents is 2. The first kappa shape index (κ1) is 12.9. The lowest BCUT2D eigenvalue weighted by Crippen LogP contribution is -1.78. The Labute approximate surface area is 120 Å². The molecular formula is C15H11N3O3. The van der Waals surface area contributed by atoms with Gasteiger partial charge in [-0.05, 0) is 54.1 Å². The molecule has 0 radical (unpaired) electrons. The van der Waals surface area contributed by atoms with Gasteiger partial charge in [-0.2, -0.15) is 0 Å². The molecule has 0 saturated heterocycles. The average Bonchev–Trinajstić information content (AvgIpc) is 2.96. The summed E-state index contributed by atoms with van der Waals surface area (Å²) in [5.74, 6) is 0.691. The van der Waals surface area contributed by atoms with Gasteiger partial charge in [0, 0.05) is 11.8 Å². The summed E-state index contributed by atoms with van der Waals surface area (Å²) in [5.41, 5.74) is 1.50. The number of phenols is 2.